The van der Waals surface area contributed by atoms with Gasteiger partial charge in [0, 0.05) is 12.3 Å². The standard InChI is InChI=1S/C17H20N2OS/c1-3-9-21-17-15(11-18)14(10-16(20)19-17)13-7-5-12(4-2)6-8-13/h5-8,14H,3-4,9-10H2,1-2H3,(H,19,20). The van der Waals surface area contributed by atoms with E-state index in [1.54, 1.807) is 11.8 Å². The number of nitriles is 1. The molecule has 1 aromatic carbocycles. The van der Waals surface area contributed by atoms with E-state index in [4.69, 9.17) is 0 Å². The molecule has 0 bridgehead atoms. The fourth-order valence-electron chi connectivity index (χ4n) is 2.41. The second-order valence-corrected chi connectivity index (χ2v) is 6.21. The van der Waals surface area contributed by atoms with Gasteiger partial charge in [-0.05, 0) is 29.7 Å². The molecular formula is C17H20N2OS. The second-order valence-electron chi connectivity index (χ2n) is 5.10. The third-order valence-electron chi connectivity index (χ3n) is 3.60. The van der Waals surface area contributed by atoms with Crippen LogP contribution in [0.5, 0.6) is 0 Å². The van der Waals surface area contributed by atoms with E-state index in [2.05, 4.69) is 37.4 Å². The minimum atomic E-state index is -0.117. The number of thioether (sulfide) groups is 1. The summed E-state index contributed by atoms with van der Waals surface area (Å²) in [6.45, 7) is 4.20. The molecule has 1 atom stereocenters. The molecule has 3 nitrogen and oxygen atoms in total. The van der Waals surface area contributed by atoms with Crippen molar-refractivity contribution in [3.63, 3.8) is 0 Å². The first-order valence-corrected chi connectivity index (χ1v) is 8.33. The summed E-state index contributed by atoms with van der Waals surface area (Å²) in [7, 11) is 0. The van der Waals surface area contributed by atoms with Gasteiger partial charge in [0.05, 0.1) is 16.7 Å². The molecule has 1 heterocycles. The van der Waals surface area contributed by atoms with E-state index in [-0.39, 0.29) is 11.8 Å². The third-order valence-corrected chi connectivity index (χ3v) is 4.82. The Hall–Kier alpha value is -1.73. The number of allylic oxidation sites excluding steroid dienone is 1. The van der Waals surface area contributed by atoms with Crippen LogP contribution in [-0.4, -0.2) is 11.7 Å². The van der Waals surface area contributed by atoms with Crippen LogP contribution in [0, 0.1) is 11.3 Å². The Morgan fingerprint density at radius 1 is 1.33 bits per heavy atom. The van der Waals surface area contributed by atoms with Crippen LogP contribution >= 0.6 is 11.8 Å². The molecule has 110 valence electrons. The minimum Gasteiger partial charge on any atom is -0.320 e. The van der Waals surface area contributed by atoms with Crippen LogP contribution in [0.15, 0.2) is 34.9 Å². The Labute approximate surface area is 130 Å². The molecule has 0 fully saturated rings. The lowest BCUT2D eigenvalue weighted by atomic mass is 9.86. The molecular weight excluding hydrogens is 280 g/mol. The molecule has 0 aliphatic carbocycles. The number of amides is 1. The number of nitrogens with zero attached hydrogens (tertiary/aromatic N) is 1. The largest absolute Gasteiger partial charge is 0.320 e. The summed E-state index contributed by atoms with van der Waals surface area (Å²) >= 11 is 1.57. The summed E-state index contributed by atoms with van der Waals surface area (Å²) in [5.74, 6) is 0.786. The van der Waals surface area contributed by atoms with E-state index in [0.29, 0.717) is 12.0 Å². The van der Waals surface area contributed by atoms with Crippen LogP contribution in [-0.2, 0) is 11.2 Å². The van der Waals surface area contributed by atoms with Gasteiger partial charge in [-0.15, -0.1) is 11.8 Å². The average Bonchev–Trinajstić information content (AvgIpc) is 2.52. The molecule has 0 spiro atoms. The Balaban J connectivity index is 2.34. The quantitative estimate of drug-likeness (QED) is 0.901. The van der Waals surface area contributed by atoms with Gasteiger partial charge in [-0.3, -0.25) is 4.79 Å². The third kappa shape index (κ3) is 3.68. The number of hydrogen-bond donors (Lipinski definition) is 1. The zero-order valence-corrected chi connectivity index (χ0v) is 13.3. The van der Waals surface area contributed by atoms with Gasteiger partial charge in [-0.25, -0.2) is 0 Å². The number of benzene rings is 1. The summed E-state index contributed by atoms with van der Waals surface area (Å²) in [5, 5.41) is 13.1. The molecule has 21 heavy (non-hydrogen) atoms. The highest BCUT2D eigenvalue weighted by atomic mass is 32.2. The first kappa shape index (κ1) is 15.7. The lowest BCUT2D eigenvalue weighted by molar-refractivity contribution is -0.120. The highest BCUT2D eigenvalue weighted by Crippen LogP contribution is 2.36. The first-order valence-electron chi connectivity index (χ1n) is 7.35. The maximum absolute atomic E-state index is 11.9. The predicted octanol–water partition coefficient (Wildman–Crippen LogP) is 3.73. The van der Waals surface area contributed by atoms with Crippen molar-refractivity contribution in [3.05, 3.63) is 46.0 Å². The topological polar surface area (TPSA) is 52.9 Å². The predicted molar refractivity (Wildman–Crippen MR) is 86.7 cm³/mol. The zero-order valence-electron chi connectivity index (χ0n) is 12.5. The molecule has 0 saturated heterocycles. The minimum absolute atomic E-state index is 0.00262. The van der Waals surface area contributed by atoms with Gasteiger partial charge in [-0.2, -0.15) is 5.26 Å². The Bertz CT molecular complexity index is 584. The van der Waals surface area contributed by atoms with Crippen LogP contribution in [0.25, 0.3) is 0 Å². The van der Waals surface area contributed by atoms with E-state index in [9.17, 15) is 10.1 Å². The maximum atomic E-state index is 11.9. The number of hydrogen-bond acceptors (Lipinski definition) is 3. The number of carbonyl (C=O) groups excluding carboxylic acids is 1. The van der Waals surface area contributed by atoms with E-state index < -0.39 is 0 Å². The van der Waals surface area contributed by atoms with Crippen LogP contribution in [0.4, 0.5) is 0 Å². The van der Waals surface area contributed by atoms with Crippen molar-refractivity contribution in [1.82, 2.24) is 5.32 Å². The van der Waals surface area contributed by atoms with Crippen LogP contribution in [0.2, 0.25) is 0 Å². The maximum Gasteiger partial charge on any atom is 0.225 e. The number of nitrogens with one attached hydrogen (secondary N) is 1. The van der Waals surface area contributed by atoms with Crippen molar-refractivity contribution in [2.45, 2.75) is 39.0 Å². The second kappa shape index (κ2) is 7.33. The van der Waals surface area contributed by atoms with Crippen molar-refractivity contribution in [2.75, 3.05) is 5.75 Å². The fourth-order valence-corrected chi connectivity index (χ4v) is 3.35. The Morgan fingerprint density at radius 2 is 2.05 bits per heavy atom. The molecule has 1 unspecified atom stereocenters. The zero-order chi connectivity index (χ0) is 15.2. The average molecular weight is 300 g/mol. The van der Waals surface area contributed by atoms with Crippen LogP contribution in [0.1, 0.15) is 43.7 Å². The van der Waals surface area contributed by atoms with Crippen molar-refractivity contribution in [3.8, 4) is 6.07 Å². The summed E-state index contributed by atoms with van der Waals surface area (Å²) in [6.07, 6.45) is 2.35. The SMILES string of the molecule is CCCSC1=C(C#N)C(c2ccc(CC)cc2)CC(=O)N1. The van der Waals surface area contributed by atoms with Crippen molar-refractivity contribution < 1.29 is 4.79 Å². The summed E-state index contributed by atoms with van der Waals surface area (Å²) < 4.78 is 0. The lowest BCUT2D eigenvalue weighted by Crippen LogP contribution is -2.30. The number of aryl methyl sites for hydroxylation is 1. The van der Waals surface area contributed by atoms with Gasteiger partial charge in [-0.1, -0.05) is 38.1 Å². The van der Waals surface area contributed by atoms with Crippen molar-refractivity contribution >= 4 is 17.7 Å². The summed E-state index contributed by atoms with van der Waals surface area (Å²) in [4.78, 5) is 11.9. The Morgan fingerprint density at radius 3 is 2.62 bits per heavy atom. The van der Waals surface area contributed by atoms with E-state index in [1.165, 1.54) is 5.56 Å². The van der Waals surface area contributed by atoms with Gasteiger partial charge in [0.25, 0.3) is 0 Å². The van der Waals surface area contributed by atoms with Crippen LogP contribution < -0.4 is 5.32 Å². The van der Waals surface area contributed by atoms with E-state index in [0.717, 1.165) is 29.2 Å². The monoisotopic (exact) mass is 300 g/mol. The molecule has 0 radical (unpaired) electrons. The molecule has 2 rings (SSSR count). The van der Waals surface area contributed by atoms with E-state index >= 15 is 0 Å². The van der Waals surface area contributed by atoms with Crippen molar-refractivity contribution in [2.24, 2.45) is 0 Å². The molecule has 1 aliphatic rings. The number of rotatable bonds is 5. The highest BCUT2D eigenvalue weighted by molar-refractivity contribution is 8.03. The highest BCUT2D eigenvalue weighted by Gasteiger charge is 2.29. The molecule has 1 amide bonds. The smallest absolute Gasteiger partial charge is 0.225 e. The van der Waals surface area contributed by atoms with Gasteiger partial charge in [0.15, 0.2) is 0 Å². The fraction of sp³-hybridized carbons (Fsp3) is 0.412. The molecule has 4 heteroatoms. The Kier molecular flexibility index (Phi) is 5.46. The van der Waals surface area contributed by atoms with Gasteiger partial charge in [0.2, 0.25) is 5.91 Å². The molecule has 1 N–H and O–H groups in total. The van der Waals surface area contributed by atoms with Crippen LogP contribution in [0.3, 0.4) is 0 Å². The molecule has 0 saturated carbocycles. The molecule has 1 aliphatic heterocycles. The van der Waals surface area contributed by atoms with Gasteiger partial charge in [0.1, 0.15) is 0 Å². The lowest BCUT2D eigenvalue weighted by Gasteiger charge is -2.25. The molecule has 1 aromatic rings. The summed E-state index contributed by atoms with van der Waals surface area (Å²) in [6, 6.07) is 10.5. The normalized spacial score (nSPS) is 18.3. The van der Waals surface area contributed by atoms with Crippen molar-refractivity contribution in [1.29, 1.82) is 5.26 Å². The summed E-state index contributed by atoms with van der Waals surface area (Å²) in [5.41, 5.74) is 3.01. The molecule has 0 aromatic heterocycles. The van der Waals surface area contributed by atoms with E-state index in [1.807, 2.05) is 12.1 Å². The first-order chi connectivity index (χ1) is 10.2. The number of carbonyl (C=O) groups is 1. The van der Waals surface area contributed by atoms with Gasteiger partial charge < -0.3 is 5.32 Å². The van der Waals surface area contributed by atoms with Gasteiger partial charge >= 0.3 is 0 Å².